The lowest BCUT2D eigenvalue weighted by molar-refractivity contribution is -0.152. The molecule has 2 amide bonds. The molecular formula is C27H32N2O5. The van der Waals surface area contributed by atoms with Gasteiger partial charge in [-0.15, -0.1) is 0 Å². The zero-order valence-corrected chi connectivity index (χ0v) is 20.1. The van der Waals surface area contributed by atoms with Crippen LogP contribution in [-0.2, 0) is 14.3 Å². The van der Waals surface area contributed by atoms with Crippen LogP contribution in [0.1, 0.15) is 64.0 Å². The molecule has 0 aromatic heterocycles. The third-order valence-electron chi connectivity index (χ3n) is 7.85. The van der Waals surface area contributed by atoms with E-state index in [9.17, 15) is 19.5 Å². The number of rotatable bonds is 7. The van der Waals surface area contributed by atoms with Gasteiger partial charge >= 0.3 is 12.1 Å². The van der Waals surface area contributed by atoms with Crippen molar-refractivity contribution in [3.8, 4) is 11.1 Å². The maximum Gasteiger partial charge on any atom is 0.408 e. The van der Waals surface area contributed by atoms with E-state index in [2.05, 4.69) is 34.9 Å². The van der Waals surface area contributed by atoms with Crippen LogP contribution >= 0.6 is 0 Å². The number of ether oxygens (including phenoxy) is 1. The minimum atomic E-state index is -1.20. The van der Waals surface area contributed by atoms with Gasteiger partial charge in [-0.25, -0.2) is 4.79 Å². The van der Waals surface area contributed by atoms with Crippen LogP contribution in [0.15, 0.2) is 48.5 Å². The molecule has 1 saturated carbocycles. The molecule has 7 nitrogen and oxygen atoms in total. The summed E-state index contributed by atoms with van der Waals surface area (Å²) in [6, 6.07) is 16.2. The van der Waals surface area contributed by atoms with Gasteiger partial charge in [0.1, 0.15) is 12.1 Å². The fourth-order valence-electron chi connectivity index (χ4n) is 4.60. The van der Waals surface area contributed by atoms with E-state index >= 15 is 0 Å². The first-order valence-corrected chi connectivity index (χ1v) is 11.7. The highest BCUT2D eigenvalue weighted by Crippen LogP contribution is 2.44. The maximum atomic E-state index is 13.2. The Kier molecular flexibility index (Phi) is 5.92. The molecule has 7 heteroatoms. The van der Waals surface area contributed by atoms with Crippen molar-refractivity contribution in [2.45, 2.75) is 64.0 Å². The third-order valence-corrected chi connectivity index (χ3v) is 7.85. The number of aliphatic carboxylic acids is 1. The quantitative estimate of drug-likeness (QED) is 0.561. The van der Waals surface area contributed by atoms with Crippen molar-refractivity contribution in [2.75, 3.05) is 6.61 Å². The van der Waals surface area contributed by atoms with Gasteiger partial charge in [-0.05, 0) is 69.2 Å². The van der Waals surface area contributed by atoms with Gasteiger partial charge in [0.25, 0.3) is 0 Å². The number of nitrogens with one attached hydrogen (secondary N) is 2. The minimum absolute atomic E-state index is 0.0698. The predicted octanol–water partition coefficient (Wildman–Crippen LogP) is 4.45. The van der Waals surface area contributed by atoms with Crippen molar-refractivity contribution < 1.29 is 24.2 Å². The summed E-state index contributed by atoms with van der Waals surface area (Å²) in [4.78, 5) is 37.7. The van der Waals surface area contributed by atoms with Gasteiger partial charge in [-0.3, -0.25) is 9.59 Å². The standard InChI is InChI=1S/C27H32N2O5/c1-25(2,23(31)32)26(3,4)28-22(30)27(14-9-15-27)29-24(33)34-16-21-19-12-7-5-10-17(19)18-11-6-8-13-20(18)21/h5-8,10-13,21H,9,14-16H2,1-4H3,(H,28,30)(H,29,33)(H,31,32). The van der Waals surface area contributed by atoms with Crippen molar-refractivity contribution in [3.63, 3.8) is 0 Å². The zero-order valence-electron chi connectivity index (χ0n) is 20.1. The van der Waals surface area contributed by atoms with Crippen LogP contribution in [0.2, 0.25) is 0 Å². The molecule has 0 saturated heterocycles. The number of fused-ring (bicyclic) bond motifs is 3. The minimum Gasteiger partial charge on any atom is -0.481 e. The number of amides is 2. The molecule has 0 unspecified atom stereocenters. The summed E-state index contributed by atoms with van der Waals surface area (Å²) in [7, 11) is 0. The molecule has 0 heterocycles. The van der Waals surface area contributed by atoms with E-state index in [0.29, 0.717) is 12.8 Å². The molecule has 2 aromatic rings. The van der Waals surface area contributed by atoms with Crippen molar-refractivity contribution in [3.05, 3.63) is 59.7 Å². The second kappa shape index (κ2) is 8.46. The molecule has 1 fully saturated rings. The van der Waals surface area contributed by atoms with E-state index in [-0.39, 0.29) is 18.4 Å². The molecule has 0 aliphatic heterocycles. The second-order valence-corrected chi connectivity index (χ2v) is 10.4. The Labute approximate surface area is 199 Å². The first kappa shape index (κ1) is 23.8. The fourth-order valence-corrected chi connectivity index (χ4v) is 4.60. The summed E-state index contributed by atoms with van der Waals surface area (Å²) < 4.78 is 5.63. The highest BCUT2D eigenvalue weighted by Gasteiger charge is 2.51. The number of benzene rings is 2. The van der Waals surface area contributed by atoms with Crippen LogP contribution in [-0.4, -0.2) is 40.8 Å². The molecule has 180 valence electrons. The smallest absolute Gasteiger partial charge is 0.408 e. The van der Waals surface area contributed by atoms with Crippen LogP contribution in [0.3, 0.4) is 0 Å². The topological polar surface area (TPSA) is 105 Å². The van der Waals surface area contributed by atoms with Crippen molar-refractivity contribution in [2.24, 2.45) is 5.41 Å². The monoisotopic (exact) mass is 464 g/mol. The fraction of sp³-hybridized carbons (Fsp3) is 0.444. The molecule has 2 aliphatic rings. The van der Waals surface area contributed by atoms with Crippen LogP contribution in [0, 0.1) is 5.41 Å². The van der Waals surface area contributed by atoms with Crippen LogP contribution in [0.5, 0.6) is 0 Å². The Morgan fingerprint density at radius 2 is 1.50 bits per heavy atom. The average Bonchev–Trinajstić information content (AvgIpc) is 3.08. The summed E-state index contributed by atoms with van der Waals surface area (Å²) in [5.41, 5.74) is 1.21. The number of carboxylic acids is 1. The van der Waals surface area contributed by atoms with Gasteiger partial charge in [0.15, 0.2) is 0 Å². The van der Waals surface area contributed by atoms with E-state index in [1.807, 2.05) is 24.3 Å². The van der Waals surface area contributed by atoms with Crippen molar-refractivity contribution in [1.29, 1.82) is 0 Å². The van der Waals surface area contributed by atoms with E-state index in [0.717, 1.165) is 28.7 Å². The summed E-state index contributed by atoms with van der Waals surface area (Å²) in [6.45, 7) is 6.66. The number of hydrogen-bond donors (Lipinski definition) is 3. The number of carboxylic acid groups (broad SMARTS) is 1. The largest absolute Gasteiger partial charge is 0.481 e. The normalized spacial score (nSPS) is 16.6. The SMILES string of the molecule is CC(C)(NC(=O)C1(NC(=O)OCC2c3ccccc3-c3ccccc32)CCC1)C(C)(C)C(=O)O. The number of carbonyl (C=O) groups excluding carboxylic acids is 2. The Bertz CT molecular complexity index is 1090. The highest BCUT2D eigenvalue weighted by molar-refractivity contribution is 5.92. The molecule has 0 spiro atoms. The maximum absolute atomic E-state index is 13.2. The Balaban J connectivity index is 1.44. The first-order valence-electron chi connectivity index (χ1n) is 11.7. The molecule has 2 aromatic carbocycles. The molecule has 0 atom stereocenters. The number of carbonyl (C=O) groups is 3. The van der Waals surface area contributed by atoms with Crippen LogP contribution in [0.4, 0.5) is 4.79 Å². The third kappa shape index (κ3) is 3.93. The van der Waals surface area contributed by atoms with Gasteiger partial charge in [0.2, 0.25) is 5.91 Å². The molecule has 4 rings (SSSR count). The molecule has 3 N–H and O–H groups in total. The van der Waals surface area contributed by atoms with Crippen molar-refractivity contribution >= 4 is 18.0 Å². The lowest BCUT2D eigenvalue weighted by atomic mass is 9.71. The summed E-state index contributed by atoms with van der Waals surface area (Å²) in [6.07, 6.45) is 1.10. The van der Waals surface area contributed by atoms with E-state index < -0.39 is 28.6 Å². The summed E-state index contributed by atoms with van der Waals surface area (Å²) in [5.74, 6) is -1.46. The Hall–Kier alpha value is -3.35. The van der Waals surface area contributed by atoms with Crippen LogP contribution in [0.25, 0.3) is 11.1 Å². The summed E-state index contributed by atoms with van der Waals surface area (Å²) >= 11 is 0. The summed E-state index contributed by atoms with van der Waals surface area (Å²) in [5, 5.41) is 15.2. The molecule has 34 heavy (non-hydrogen) atoms. The first-order chi connectivity index (χ1) is 16.0. The van der Waals surface area contributed by atoms with E-state index in [4.69, 9.17) is 4.74 Å². The Morgan fingerprint density at radius 3 is 1.97 bits per heavy atom. The predicted molar refractivity (Wildman–Crippen MR) is 128 cm³/mol. The van der Waals surface area contributed by atoms with Crippen LogP contribution < -0.4 is 10.6 Å². The van der Waals surface area contributed by atoms with Gasteiger partial charge < -0.3 is 20.5 Å². The van der Waals surface area contributed by atoms with Gasteiger partial charge in [-0.2, -0.15) is 0 Å². The van der Waals surface area contributed by atoms with Crippen molar-refractivity contribution in [1.82, 2.24) is 10.6 Å². The van der Waals surface area contributed by atoms with Gasteiger partial charge in [0, 0.05) is 5.92 Å². The van der Waals surface area contributed by atoms with Gasteiger partial charge in [0.05, 0.1) is 11.0 Å². The lowest BCUT2D eigenvalue weighted by Crippen LogP contribution is -2.68. The molecule has 0 radical (unpaired) electrons. The lowest BCUT2D eigenvalue weighted by Gasteiger charge is -2.45. The molecule has 0 bridgehead atoms. The average molecular weight is 465 g/mol. The highest BCUT2D eigenvalue weighted by atomic mass is 16.5. The molecular weight excluding hydrogens is 432 g/mol. The van der Waals surface area contributed by atoms with E-state index in [1.54, 1.807) is 27.7 Å². The number of hydrogen-bond acceptors (Lipinski definition) is 4. The molecule has 2 aliphatic carbocycles. The zero-order chi connectivity index (χ0) is 24.7. The second-order valence-electron chi connectivity index (χ2n) is 10.4. The van der Waals surface area contributed by atoms with E-state index in [1.165, 1.54) is 0 Å². The Morgan fingerprint density at radius 1 is 0.971 bits per heavy atom. The van der Waals surface area contributed by atoms with Gasteiger partial charge in [-0.1, -0.05) is 48.5 Å². The number of alkyl carbamates (subject to hydrolysis) is 1.